The Labute approximate surface area is 245 Å². The van der Waals surface area contributed by atoms with Crippen LogP contribution in [-0.4, -0.2) is 22.6 Å². The molecule has 0 saturated carbocycles. The topological polar surface area (TPSA) is 95.2 Å². The van der Waals surface area contributed by atoms with E-state index < -0.39 is 23.8 Å². The average molecular weight is 609 g/mol. The smallest absolute Gasteiger partial charge is 0.0620 e. The molecule has 0 amide bonds. The van der Waals surface area contributed by atoms with Crippen LogP contribution in [0.3, 0.4) is 0 Å². The van der Waals surface area contributed by atoms with Gasteiger partial charge in [-0.1, -0.05) is 42.5 Å². The second kappa shape index (κ2) is 18.6. The maximum atomic E-state index is 6.00. The Morgan fingerprint density at radius 1 is 0.421 bits per heavy atom. The second-order valence-electron chi connectivity index (χ2n) is 10.4. The van der Waals surface area contributed by atoms with Gasteiger partial charge >= 0.3 is 0 Å². The van der Waals surface area contributed by atoms with Gasteiger partial charge in [0.25, 0.3) is 0 Å². The average Bonchev–Trinajstić information content (AvgIpc) is 2.88. The number of hydrogen-bond acceptors (Lipinski definition) is 4. The molecule has 0 fully saturated rings. The Morgan fingerprint density at radius 2 is 0.684 bits per heavy atom. The first-order valence-electron chi connectivity index (χ1n) is 13.0. The number of benzene rings is 3. The third kappa shape index (κ3) is 9.20. The van der Waals surface area contributed by atoms with Crippen molar-refractivity contribution >= 4 is 50.3 Å². The van der Waals surface area contributed by atoms with Crippen LogP contribution in [0.1, 0.15) is 55.4 Å². The zero-order valence-electron chi connectivity index (χ0n) is 24.0. The summed E-state index contributed by atoms with van der Waals surface area (Å²) in [4.78, 5) is 0. The number of rotatable bonds is 9. The van der Waals surface area contributed by atoms with Crippen molar-refractivity contribution in [2.45, 2.75) is 78.0 Å². The third-order valence-corrected chi connectivity index (χ3v) is 17.0. The summed E-state index contributed by atoms with van der Waals surface area (Å²) in [6, 6.07) is 30.4. The van der Waals surface area contributed by atoms with E-state index in [1.807, 2.05) is 0 Å². The SMILES string of the molecule is CC(C)[PH+](c1ccccc1[PH+](c1ccccc1)c1ccccc1[PH+](C(C)C)C(C)C)C(C)C.N#N.N#N.[Fe]. The quantitative estimate of drug-likeness (QED) is 0.156. The Bertz CT molecular complexity index is 1030. The summed E-state index contributed by atoms with van der Waals surface area (Å²) < 4.78 is 0. The van der Waals surface area contributed by atoms with Crippen LogP contribution in [0.25, 0.3) is 0 Å². The summed E-state index contributed by atoms with van der Waals surface area (Å²) >= 11 is 0. The Hall–Kier alpha value is -1.69. The van der Waals surface area contributed by atoms with Gasteiger partial charge in [-0.2, -0.15) is 0 Å². The predicted octanol–water partition coefficient (Wildman–Crippen LogP) is 6.55. The van der Waals surface area contributed by atoms with Crippen LogP contribution in [0, 0.1) is 21.6 Å². The van der Waals surface area contributed by atoms with Crippen LogP contribution < -0.4 is 26.5 Å². The van der Waals surface area contributed by atoms with Crippen molar-refractivity contribution in [1.82, 2.24) is 0 Å². The molecule has 0 heterocycles. The largest absolute Gasteiger partial charge is 0.144 e. The van der Waals surface area contributed by atoms with Gasteiger partial charge in [0.1, 0.15) is 34.4 Å². The molecule has 0 saturated heterocycles. The third-order valence-electron chi connectivity index (χ3n) is 6.57. The van der Waals surface area contributed by atoms with Crippen LogP contribution in [0.2, 0.25) is 0 Å². The standard InChI is InChI=1S/C30H41P3.Fe.2N2/c1-22(2)31(23(3)4)27-18-12-14-20-29(27)33(26-16-10-9-11-17-26)30-21-15-13-19-28(30)32(24(5)6)25(7)8;;2*1-2/h9-25H,1-8H3;;;/p+3. The molecule has 4 nitrogen and oxygen atoms in total. The maximum absolute atomic E-state index is 6.00. The van der Waals surface area contributed by atoms with Gasteiger partial charge in [0.2, 0.25) is 0 Å². The van der Waals surface area contributed by atoms with Crippen molar-refractivity contribution in [1.29, 1.82) is 21.6 Å². The summed E-state index contributed by atoms with van der Waals surface area (Å²) in [6.45, 7) is 19.5. The first kappa shape index (κ1) is 36.3. The molecule has 0 atom stereocenters. The summed E-state index contributed by atoms with van der Waals surface area (Å²) in [5, 5.41) is 32.1. The van der Waals surface area contributed by atoms with Crippen LogP contribution in [0.15, 0.2) is 78.9 Å². The fourth-order valence-corrected chi connectivity index (χ4v) is 16.3. The van der Waals surface area contributed by atoms with Crippen molar-refractivity contribution in [3.63, 3.8) is 0 Å². The Morgan fingerprint density at radius 3 is 0.974 bits per heavy atom. The van der Waals surface area contributed by atoms with E-state index in [-0.39, 0.29) is 17.1 Å². The van der Waals surface area contributed by atoms with Crippen LogP contribution in [0.4, 0.5) is 0 Å². The maximum Gasteiger partial charge on any atom is 0.144 e. The molecule has 0 aliphatic carbocycles. The first-order valence-corrected chi connectivity index (χ1v) is 17.8. The fraction of sp³-hybridized carbons (Fsp3) is 0.400. The fourth-order valence-electron chi connectivity index (χ4n) is 5.54. The van der Waals surface area contributed by atoms with E-state index in [1.165, 1.54) is 5.30 Å². The van der Waals surface area contributed by atoms with E-state index >= 15 is 0 Å². The molecule has 0 spiro atoms. The molecule has 0 N–H and O–H groups in total. The second-order valence-corrected chi connectivity index (χ2v) is 20.3. The number of nitrogens with zero attached hydrogens (tertiary/aromatic N) is 4. The van der Waals surface area contributed by atoms with Crippen LogP contribution in [0.5, 0.6) is 0 Å². The molecule has 0 aliphatic rings. The first-order chi connectivity index (χ1) is 17.7. The minimum Gasteiger partial charge on any atom is -0.0620 e. The molecule has 0 unspecified atom stereocenters. The van der Waals surface area contributed by atoms with E-state index in [1.54, 1.807) is 21.2 Å². The van der Waals surface area contributed by atoms with Gasteiger partial charge in [-0.05, 0) is 91.8 Å². The van der Waals surface area contributed by atoms with Crippen LogP contribution in [-0.2, 0) is 17.1 Å². The zero-order valence-corrected chi connectivity index (χ0v) is 28.1. The summed E-state index contributed by atoms with van der Waals surface area (Å²) in [6.07, 6.45) is 0. The van der Waals surface area contributed by atoms with E-state index in [9.17, 15) is 0 Å². The van der Waals surface area contributed by atoms with E-state index in [0.717, 1.165) is 22.6 Å². The molecular formula is C30H44FeN4P3+3. The van der Waals surface area contributed by atoms with E-state index in [4.69, 9.17) is 21.6 Å². The van der Waals surface area contributed by atoms with Gasteiger partial charge in [-0.25, -0.2) is 0 Å². The van der Waals surface area contributed by atoms with Gasteiger partial charge in [0, 0.05) is 54.5 Å². The minimum absolute atomic E-state index is 0. The van der Waals surface area contributed by atoms with Crippen molar-refractivity contribution in [3.05, 3.63) is 78.9 Å². The van der Waals surface area contributed by atoms with Gasteiger partial charge in [0.15, 0.2) is 0 Å². The molecule has 3 aromatic carbocycles. The van der Waals surface area contributed by atoms with E-state index in [2.05, 4.69) is 134 Å². The molecule has 0 aromatic heterocycles. The van der Waals surface area contributed by atoms with Gasteiger partial charge in [-0.15, -0.1) is 0 Å². The van der Waals surface area contributed by atoms with Crippen molar-refractivity contribution < 1.29 is 17.1 Å². The number of hydrogen-bond donors (Lipinski definition) is 0. The van der Waals surface area contributed by atoms with Crippen molar-refractivity contribution in [2.75, 3.05) is 0 Å². The summed E-state index contributed by atoms with van der Waals surface area (Å²) in [7, 11) is -2.46. The summed E-state index contributed by atoms with van der Waals surface area (Å²) in [5.74, 6) is 0. The predicted molar refractivity (Wildman–Crippen MR) is 170 cm³/mol. The molecule has 204 valence electrons. The summed E-state index contributed by atoms with van der Waals surface area (Å²) in [5.41, 5.74) is 2.88. The van der Waals surface area contributed by atoms with Crippen LogP contribution >= 0.6 is 23.8 Å². The monoisotopic (exact) mass is 609 g/mol. The molecule has 8 heteroatoms. The Balaban J connectivity index is 0.00000261. The molecule has 3 rings (SSSR count). The molecule has 0 aliphatic heterocycles. The molecule has 3 aromatic rings. The van der Waals surface area contributed by atoms with E-state index in [0.29, 0.717) is 0 Å². The zero-order chi connectivity index (χ0) is 28.1. The van der Waals surface area contributed by atoms with Gasteiger partial charge in [-0.3, -0.25) is 0 Å². The normalized spacial score (nSPS) is 10.8. The Kier molecular flexibility index (Phi) is 17.7. The molecule has 0 radical (unpaired) electrons. The molecule has 0 bridgehead atoms. The minimum atomic E-state index is -1.11. The molecule has 38 heavy (non-hydrogen) atoms. The van der Waals surface area contributed by atoms with Gasteiger partial charge < -0.3 is 0 Å². The van der Waals surface area contributed by atoms with Crippen molar-refractivity contribution in [3.8, 4) is 0 Å². The van der Waals surface area contributed by atoms with Gasteiger partial charge in [0.05, 0.1) is 22.6 Å². The van der Waals surface area contributed by atoms with Crippen molar-refractivity contribution in [2.24, 2.45) is 0 Å². The molecular weight excluding hydrogens is 565 g/mol.